The Labute approximate surface area is 142 Å². The Bertz CT molecular complexity index is 1020. The zero-order valence-electron chi connectivity index (χ0n) is 13.9. The Balaban J connectivity index is 2.02. The van der Waals surface area contributed by atoms with Gasteiger partial charge in [0.1, 0.15) is 7.05 Å². The van der Waals surface area contributed by atoms with E-state index < -0.39 is 0 Å². The maximum absolute atomic E-state index is 4.27. The van der Waals surface area contributed by atoms with Gasteiger partial charge in [-0.3, -0.25) is 4.98 Å². The lowest BCUT2D eigenvalue weighted by Gasteiger charge is -2.09. The van der Waals surface area contributed by atoms with Crippen LogP contribution in [0.3, 0.4) is 0 Å². The van der Waals surface area contributed by atoms with E-state index in [1.165, 1.54) is 33.2 Å². The molecule has 2 nitrogen and oxygen atoms in total. The number of fused-ring (bicyclic) bond motifs is 1. The van der Waals surface area contributed by atoms with Crippen LogP contribution in [0.4, 0.5) is 0 Å². The summed E-state index contributed by atoms with van der Waals surface area (Å²) < 4.78 is 2.21. The summed E-state index contributed by atoms with van der Waals surface area (Å²) in [6.07, 6.45) is 5.94. The number of pyridine rings is 2. The second kappa shape index (κ2) is 5.89. The first kappa shape index (κ1) is 14.6. The van der Waals surface area contributed by atoms with Crippen LogP contribution in [-0.4, -0.2) is 4.98 Å². The average Bonchev–Trinajstić information content (AvgIpc) is 2.62. The third kappa shape index (κ3) is 2.46. The van der Waals surface area contributed by atoms with Gasteiger partial charge in [-0.05, 0) is 36.2 Å². The summed E-state index contributed by atoms with van der Waals surface area (Å²) in [6, 6.07) is 21.4. The van der Waals surface area contributed by atoms with Crippen molar-refractivity contribution in [1.29, 1.82) is 0 Å². The fraction of sp³-hybridized carbons (Fsp3) is 0.0909. The van der Waals surface area contributed by atoms with Crippen molar-refractivity contribution >= 4 is 10.8 Å². The molecule has 0 unspecified atom stereocenters. The lowest BCUT2D eigenvalue weighted by Crippen LogP contribution is -2.30. The van der Waals surface area contributed by atoms with Crippen molar-refractivity contribution in [3.8, 4) is 22.4 Å². The lowest BCUT2D eigenvalue weighted by atomic mass is 9.97. The summed E-state index contributed by atoms with van der Waals surface area (Å²) in [5.41, 5.74) is 6.13. The van der Waals surface area contributed by atoms with Crippen LogP contribution in [-0.2, 0) is 7.05 Å². The molecule has 0 amide bonds. The summed E-state index contributed by atoms with van der Waals surface area (Å²) in [7, 11) is 2.11. The van der Waals surface area contributed by atoms with Crippen LogP contribution in [0, 0.1) is 6.92 Å². The molecule has 2 aromatic carbocycles. The van der Waals surface area contributed by atoms with Crippen molar-refractivity contribution in [3.05, 3.63) is 84.8 Å². The van der Waals surface area contributed by atoms with Crippen LogP contribution in [0.2, 0.25) is 0 Å². The van der Waals surface area contributed by atoms with Crippen LogP contribution < -0.4 is 4.57 Å². The number of rotatable bonds is 2. The molecule has 0 aliphatic heterocycles. The molecule has 2 aromatic heterocycles. The number of hydrogen-bond donors (Lipinski definition) is 0. The van der Waals surface area contributed by atoms with Crippen molar-refractivity contribution < 1.29 is 4.57 Å². The first-order valence-corrected chi connectivity index (χ1v) is 8.13. The van der Waals surface area contributed by atoms with E-state index in [1.807, 2.05) is 18.5 Å². The molecule has 4 rings (SSSR count). The van der Waals surface area contributed by atoms with Crippen molar-refractivity contribution in [2.24, 2.45) is 7.05 Å². The van der Waals surface area contributed by atoms with Gasteiger partial charge in [0.2, 0.25) is 5.69 Å². The first-order valence-electron chi connectivity index (χ1n) is 8.13. The minimum absolute atomic E-state index is 1.15. The van der Waals surface area contributed by atoms with E-state index in [1.54, 1.807) is 0 Å². The van der Waals surface area contributed by atoms with Gasteiger partial charge in [0.05, 0.1) is 0 Å². The highest BCUT2D eigenvalue weighted by atomic mass is 14.9. The summed E-state index contributed by atoms with van der Waals surface area (Å²) in [6.45, 7) is 2.16. The molecule has 4 aromatic rings. The molecule has 0 bridgehead atoms. The number of aromatic nitrogens is 2. The van der Waals surface area contributed by atoms with E-state index in [0.717, 1.165) is 5.56 Å². The van der Waals surface area contributed by atoms with Gasteiger partial charge in [0.15, 0.2) is 6.20 Å². The molecule has 0 radical (unpaired) electrons. The fourth-order valence-corrected chi connectivity index (χ4v) is 3.28. The Morgan fingerprint density at radius 2 is 1.71 bits per heavy atom. The molecule has 0 aliphatic rings. The Morgan fingerprint density at radius 1 is 0.875 bits per heavy atom. The molecular formula is C22H19N2+. The van der Waals surface area contributed by atoms with E-state index in [-0.39, 0.29) is 0 Å². The Hall–Kier alpha value is -3.00. The fourth-order valence-electron chi connectivity index (χ4n) is 3.28. The third-order valence-corrected chi connectivity index (χ3v) is 4.53. The Kier molecular flexibility index (Phi) is 3.58. The number of nitrogens with zero attached hydrogens (tertiary/aromatic N) is 2. The standard InChI is InChI=1S/C22H19N2/c1-16-7-3-4-10-19(16)22-13-21-18(15-24(22)2)8-5-11-20(21)17-9-6-12-23-14-17/h3-15H,1-2H3/q+1. The molecule has 116 valence electrons. The van der Waals surface area contributed by atoms with Crippen molar-refractivity contribution in [1.82, 2.24) is 4.98 Å². The third-order valence-electron chi connectivity index (χ3n) is 4.53. The molecule has 0 spiro atoms. The molecule has 0 aliphatic carbocycles. The second-order valence-electron chi connectivity index (χ2n) is 6.13. The van der Waals surface area contributed by atoms with Crippen LogP contribution in [0.25, 0.3) is 33.2 Å². The molecule has 0 N–H and O–H groups in total. The topological polar surface area (TPSA) is 16.8 Å². The smallest absolute Gasteiger partial charge is 0.213 e. The predicted molar refractivity (Wildman–Crippen MR) is 98.5 cm³/mol. The quantitative estimate of drug-likeness (QED) is 0.490. The van der Waals surface area contributed by atoms with E-state index in [2.05, 4.69) is 84.3 Å². The van der Waals surface area contributed by atoms with Gasteiger partial charge in [0.25, 0.3) is 0 Å². The van der Waals surface area contributed by atoms with Gasteiger partial charge >= 0.3 is 0 Å². The number of benzene rings is 2. The highest BCUT2D eigenvalue weighted by Crippen LogP contribution is 2.30. The maximum atomic E-state index is 4.27. The first-order chi connectivity index (χ1) is 11.7. The SMILES string of the molecule is Cc1ccccc1-c1cc2c(-c3cccnc3)cccc2c[n+]1C. The molecule has 2 heteroatoms. The van der Waals surface area contributed by atoms with Crippen molar-refractivity contribution in [2.75, 3.05) is 0 Å². The molecule has 0 saturated heterocycles. The average molecular weight is 311 g/mol. The number of hydrogen-bond acceptors (Lipinski definition) is 1. The lowest BCUT2D eigenvalue weighted by molar-refractivity contribution is -0.659. The van der Waals surface area contributed by atoms with Crippen LogP contribution in [0.1, 0.15) is 5.56 Å². The maximum Gasteiger partial charge on any atom is 0.213 e. The predicted octanol–water partition coefficient (Wildman–Crippen LogP) is 4.70. The molecular weight excluding hydrogens is 292 g/mol. The summed E-state index contributed by atoms with van der Waals surface area (Å²) >= 11 is 0. The van der Waals surface area contributed by atoms with Crippen LogP contribution >= 0.6 is 0 Å². The van der Waals surface area contributed by atoms with E-state index in [0.29, 0.717) is 0 Å². The van der Waals surface area contributed by atoms with Gasteiger partial charge in [-0.15, -0.1) is 0 Å². The van der Waals surface area contributed by atoms with Gasteiger partial charge < -0.3 is 0 Å². The monoisotopic (exact) mass is 311 g/mol. The normalized spacial score (nSPS) is 10.9. The van der Waals surface area contributed by atoms with Gasteiger partial charge in [-0.1, -0.05) is 36.4 Å². The molecule has 2 heterocycles. The van der Waals surface area contributed by atoms with Gasteiger partial charge in [-0.2, -0.15) is 0 Å². The van der Waals surface area contributed by atoms with Gasteiger partial charge in [0, 0.05) is 40.4 Å². The zero-order valence-corrected chi connectivity index (χ0v) is 13.9. The van der Waals surface area contributed by atoms with Crippen LogP contribution in [0.5, 0.6) is 0 Å². The van der Waals surface area contributed by atoms with E-state index >= 15 is 0 Å². The largest absolute Gasteiger partial charge is 0.264 e. The summed E-state index contributed by atoms with van der Waals surface area (Å²) in [4.78, 5) is 4.27. The highest BCUT2D eigenvalue weighted by molar-refractivity contribution is 5.97. The Morgan fingerprint density at radius 3 is 2.50 bits per heavy atom. The zero-order chi connectivity index (χ0) is 16.5. The summed E-state index contributed by atoms with van der Waals surface area (Å²) in [5.74, 6) is 0. The molecule has 0 atom stereocenters. The summed E-state index contributed by atoms with van der Waals surface area (Å²) in [5, 5.41) is 2.48. The van der Waals surface area contributed by atoms with Crippen molar-refractivity contribution in [3.63, 3.8) is 0 Å². The number of aryl methyl sites for hydroxylation is 2. The van der Waals surface area contributed by atoms with Crippen LogP contribution in [0.15, 0.2) is 79.3 Å². The molecule has 0 saturated carbocycles. The second-order valence-corrected chi connectivity index (χ2v) is 6.13. The highest BCUT2D eigenvalue weighted by Gasteiger charge is 2.15. The van der Waals surface area contributed by atoms with Gasteiger partial charge in [-0.25, -0.2) is 4.57 Å². The van der Waals surface area contributed by atoms with E-state index in [9.17, 15) is 0 Å². The molecule has 0 fully saturated rings. The minimum Gasteiger partial charge on any atom is -0.264 e. The minimum atomic E-state index is 1.15. The van der Waals surface area contributed by atoms with E-state index in [4.69, 9.17) is 0 Å². The molecule has 24 heavy (non-hydrogen) atoms. The van der Waals surface area contributed by atoms with Crippen molar-refractivity contribution in [2.45, 2.75) is 6.92 Å².